The van der Waals surface area contributed by atoms with Crippen LogP contribution in [0.1, 0.15) is 45.5 Å². The highest BCUT2D eigenvalue weighted by Crippen LogP contribution is 2.30. The zero-order chi connectivity index (χ0) is 14.7. The Morgan fingerprint density at radius 3 is 3.14 bits per heavy atom. The summed E-state index contributed by atoms with van der Waals surface area (Å²) in [7, 11) is 1.58. The Morgan fingerprint density at radius 2 is 2.38 bits per heavy atom. The van der Waals surface area contributed by atoms with Crippen molar-refractivity contribution in [3.63, 3.8) is 0 Å². The zero-order valence-electron chi connectivity index (χ0n) is 11.8. The number of nitrogens with zero attached hydrogens (tertiary/aromatic N) is 3. The molecule has 0 bridgehead atoms. The molecule has 0 aliphatic heterocycles. The lowest BCUT2D eigenvalue weighted by molar-refractivity contribution is 0.0891. The first-order valence-electron chi connectivity index (χ1n) is 6.92. The van der Waals surface area contributed by atoms with Crippen LogP contribution >= 0.6 is 11.3 Å². The van der Waals surface area contributed by atoms with Crippen LogP contribution in [0, 0.1) is 0 Å². The molecule has 0 fully saturated rings. The monoisotopic (exact) mass is 307 g/mol. The summed E-state index contributed by atoms with van der Waals surface area (Å²) in [5.41, 5.74) is 1.98. The van der Waals surface area contributed by atoms with Crippen molar-refractivity contribution in [1.29, 1.82) is 0 Å². The van der Waals surface area contributed by atoms with E-state index in [9.17, 15) is 4.79 Å². The van der Waals surface area contributed by atoms with Crippen molar-refractivity contribution in [1.82, 2.24) is 25.9 Å². The summed E-state index contributed by atoms with van der Waals surface area (Å²) in [6.07, 6.45) is 4.43. The molecule has 1 aliphatic rings. The second kappa shape index (κ2) is 6.31. The number of aromatic nitrogens is 4. The fourth-order valence-electron chi connectivity index (χ4n) is 2.58. The Balaban J connectivity index is 1.77. The minimum absolute atomic E-state index is 0.0961. The van der Waals surface area contributed by atoms with E-state index in [0.717, 1.165) is 24.8 Å². The molecule has 0 aromatic carbocycles. The number of thiophene rings is 1. The number of H-pyrrole nitrogens is 1. The number of rotatable bonds is 5. The quantitative estimate of drug-likeness (QED) is 0.867. The normalized spacial score (nSPS) is 15.5. The Kier molecular flexibility index (Phi) is 4.26. The smallest absolute Gasteiger partial charge is 0.253 e. The summed E-state index contributed by atoms with van der Waals surface area (Å²) in [5, 5.41) is 18.6. The van der Waals surface area contributed by atoms with Crippen LogP contribution in [0.3, 0.4) is 0 Å². The second-order valence-corrected chi connectivity index (χ2v) is 5.97. The van der Waals surface area contributed by atoms with Crippen LogP contribution in [-0.4, -0.2) is 40.2 Å². The summed E-state index contributed by atoms with van der Waals surface area (Å²) in [4.78, 5) is 13.9. The molecule has 8 heteroatoms. The lowest BCUT2D eigenvalue weighted by atomic mass is 9.95. The van der Waals surface area contributed by atoms with Crippen LogP contribution in [0.25, 0.3) is 0 Å². The third-order valence-corrected chi connectivity index (χ3v) is 4.71. The van der Waals surface area contributed by atoms with Crippen molar-refractivity contribution in [2.24, 2.45) is 0 Å². The average molecular weight is 307 g/mol. The molecular weight excluding hydrogens is 290 g/mol. The molecule has 0 radical (unpaired) electrons. The number of hydrogen-bond donors (Lipinski definition) is 2. The molecule has 2 N–H and O–H groups in total. The largest absolute Gasteiger partial charge is 0.382 e. The van der Waals surface area contributed by atoms with Gasteiger partial charge in [0.25, 0.3) is 5.91 Å². The molecule has 0 spiro atoms. The number of carbonyl (C=O) groups excluding carboxylic acids is 1. The van der Waals surface area contributed by atoms with Gasteiger partial charge in [0.2, 0.25) is 0 Å². The highest BCUT2D eigenvalue weighted by atomic mass is 32.1. The van der Waals surface area contributed by atoms with Crippen molar-refractivity contribution >= 4 is 17.2 Å². The van der Waals surface area contributed by atoms with Gasteiger partial charge in [0.05, 0.1) is 12.2 Å². The molecule has 21 heavy (non-hydrogen) atoms. The lowest BCUT2D eigenvalue weighted by Crippen LogP contribution is -2.32. The van der Waals surface area contributed by atoms with E-state index in [-0.39, 0.29) is 5.91 Å². The lowest BCUT2D eigenvalue weighted by Gasteiger charge is -2.16. The maximum absolute atomic E-state index is 12.5. The number of carbonyl (C=O) groups is 1. The number of aromatic amines is 1. The predicted octanol–water partition coefficient (Wildman–Crippen LogP) is 1.26. The van der Waals surface area contributed by atoms with E-state index in [2.05, 4.69) is 25.9 Å². The van der Waals surface area contributed by atoms with Crippen LogP contribution in [0.15, 0.2) is 5.38 Å². The molecule has 0 saturated carbocycles. The first kappa shape index (κ1) is 14.2. The highest BCUT2D eigenvalue weighted by Gasteiger charge is 2.24. The third-order valence-electron chi connectivity index (χ3n) is 3.62. The van der Waals surface area contributed by atoms with E-state index in [1.54, 1.807) is 18.4 Å². The molecule has 1 amide bonds. The Morgan fingerprint density at radius 1 is 1.52 bits per heavy atom. The van der Waals surface area contributed by atoms with E-state index < -0.39 is 6.04 Å². The number of nitrogens with one attached hydrogen (secondary N) is 2. The van der Waals surface area contributed by atoms with Crippen molar-refractivity contribution in [2.45, 2.75) is 31.7 Å². The number of hydrogen-bond acceptors (Lipinski definition) is 6. The van der Waals surface area contributed by atoms with Crippen LogP contribution in [0.5, 0.6) is 0 Å². The molecule has 2 aromatic heterocycles. The summed E-state index contributed by atoms with van der Waals surface area (Å²) in [5.74, 6) is 0.329. The van der Waals surface area contributed by atoms with E-state index >= 15 is 0 Å². The van der Waals surface area contributed by atoms with Crippen LogP contribution in [0.4, 0.5) is 0 Å². The average Bonchev–Trinajstić information content (AvgIpc) is 3.16. The van der Waals surface area contributed by atoms with Crippen LogP contribution < -0.4 is 5.32 Å². The molecule has 0 saturated heterocycles. The summed E-state index contributed by atoms with van der Waals surface area (Å²) in [6.45, 7) is 0.303. The standard InChI is InChI=1S/C13H17N5O2S/c1-20-6-10(12-15-17-18-16-12)14-13(19)9-7-21-11-5-3-2-4-8(9)11/h7,10H,2-6H2,1H3,(H,14,19)(H,15,16,17,18). The second-order valence-electron chi connectivity index (χ2n) is 5.01. The predicted molar refractivity (Wildman–Crippen MR) is 77.2 cm³/mol. The number of tetrazole rings is 1. The van der Waals surface area contributed by atoms with Crippen molar-refractivity contribution in [2.75, 3.05) is 13.7 Å². The molecule has 1 aliphatic carbocycles. The Labute approximate surface area is 126 Å². The first-order chi connectivity index (χ1) is 10.3. The Hall–Kier alpha value is -1.80. The Bertz CT molecular complexity index is 610. The zero-order valence-corrected chi connectivity index (χ0v) is 12.6. The summed E-state index contributed by atoms with van der Waals surface area (Å²) < 4.78 is 5.12. The van der Waals surface area contributed by atoms with Gasteiger partial charge in [-0.2, -0.15) is 5.21 Å². The van der Waals surface area contributed by atoms with Crippen LogP contribution in [-0.2, 0) is 17.6 Å². The van der Waals surface area contributed by atoms with Crippen LogP contribution in [0.2, 0.25) is 0 Å². The topological polar surface area (TPSA) is 92.8 Å². The van der Waals surface area contributed by atoms with Gasteiger partial charge >= 0.3 is 0 Å². The molecule has 7 nitrogen and oxygen atoms in total. The van der Waals surface area contributed by atoms with Gasteiger partial charge in [-0.15, -0.1) is 21.5 Å². The number of aryl methyl sites for hydroxylation is 1. The van der Waals surface area contributed by atoms with Gasteiger partial charge in [0, 0.05) is 17.4 Å². The van der Waals surface area contributed by atoms with E-state index in [0.29, 0.717) is 12.4 Å². The summed E-state index contributed by atoms with van der Waals surface area (Å²) >= 11 is 1.68. The molecule has 3 rings (SSSR count). The molecule has 112 valence electrons. The first-order valence-corrected chi connectivity index (χ1v) is 7.80. The van der Waals surface area contributed by atoms with Gasteiger partial charge in [0.1, 0.15) is 6.04 Å². The van der Waals surface area contributed by atoms with Gasteiger partial charge in [-0.3, -0.25) is 4.79 Å². The molecule has 2 aromatic rings. The van der Waals surface area contributed by atoms with Gasteiger partial charge in [0.15, 0.2) is 5.82 Å². The maximum Gasteiger partial charge on any atom is 0.253 e. The van der Waals surface area contributed by atoms with Gasteiger partial charge in [-0.25, -0.2) is 0 Å². The van der Waals surface area contributed by atoms with Gasteiger partial charge in [-0.1, -0.05) is 5.21 Å². The van der Waals surface area contributed by atoms with E-state index in [4.69, 9.17) is 4.74 Å². The van der Waals surface area contributed by atoms with Gasteiger partial charge in [-0.05, 0) is 31.2 Å². The summed E-state index contributed by atoms with van der Waals surface area (Å²) in [6, 6.07) is -0.402. The fraction of sp³-hybridized carbons (Fsp3) is 0.538. The molecular formula is C13H17N5O2S. The van der Waals surface area contributed by atoms with Crippen molar-refractivity contribution in [3.8, 4) is 0 Å². The number of fused-ring (bicyclic) bond motifs is 1. The molecule has 1 unspecified atom stereocenters. The van der Waals surface area contributed by atoms with E-state index in [1.165, 1.54) is 16.9 Å². The minimum Gasteiger partial charge on any atom is -0.382 e. The van der Waals surface area contributed by atoms with Crippen molar-refractivity contribution < 1.29 is 9.53 Å². The highest BCUT2D eigenvalue weighted by molar-refractivity contribution is 7.10. The number of ether oxygens (including phenoxy) is 1. The number of amides is 1. The third kappa shape index (κ3) is 2.96. The minimum atomic E-state index is -0.402. The molecule has 1 atom stereocenters. The molecule has 2 heterocycles. The maximum atomic E-state index is 12.5. The van der Waals surface area contributed by atoms with Gasteiger partial charge < -0.3 is 10.1 Å². The fourth-order valence-corrected chi connectivity index (χ4v) is 3.71. The SMILES string of the molecule is COCC(NC(=O)c1csc2c1CCCC2)c1nn[nH]n1. The van der Waals surface area contributed by atoms with Crippen molar-refractivity contribution in [3.05, 3.63) is 27.2 Å². The van der Waals surface area contributed by atoms with E-state index in [1.807, 2.05) is 5.38 Å². The number of methoxy groups -OCH3 is 1.